The molecule has 0 spiro atoms. The van der Waals surface area contributed by atoms with Crippen LogP contribution in [0.2, 0.25) is 0 Å². The van der Waals surface area contributed by atoms with Crippen LogP contribution >= 0.6 is 0 Å². The van der Waals surface area contributed by atoms with E-state index in [4.69, 9.17) is 9.47 Å². The van der Waals surface area contributed by atoms with Crippen molar-refractivity contribution in [2.24, 2.45) is 0 Å². The Morgan fingerprint density at radius 1 is 1.38 bits per heavy atom. The Kier molecular flexibility index (Phi) is 3.87. The van der Waals surface area contributed by atoms with Gasteiger partial charge >= 0.3 is 5.69 Å². The maximum atomic E-state index is 11.8. The number of benzene rings is 1. The average molecular weight is 287 g/mol. The number of hydrogen-bond acceptors (Lipinski definition) is 5. The average Bonchev–Trinajstić information content (AvgIpc) is 2.96. The van der Waals surface area contributed by atoms with Gasteiger partial charge in [0, 0.05) is 18.9 Å². The van der Waals surface area contributed by atoms with Crippen molar-refractivity contribution in [2.45, 2.75) is 19.5 Å². The molecule has 21 heavy (non-hydrogen) atoms. The number of nitrogens with one attached hydrogen (secondary N) is 1. The second-order valence-corrected chi connectivity index (χ2v) is 4.78. The summed E-state index contributed by atoms with van der Waals surface area (Å²) in [6.07, 6.45) is 3.24. The van der Waals surface area contributed by atoms with E-state index >= 15 is 0 Å². The van der Waals surface area contributed by atoms with Gasteiger partial charge in [-0.15, -0.1) is 0 Å². The first-order chi connectivity index (χ1) is 10.3. The number of rotatable bonds is 5. The smallest absolute Gasteiger partial charge is 0.347 e. The van der Waals surface area contributed by atoms with Crippen LogP contribution in [-0.4, -0.2) is 22.9 Å². The number of nitrogens with zero attached hydrogens (tertiary/aromatic N) is 2. The third-order valence-corrected chi connectivity index (χ3v) is 3.41. The Balaban J connectivity index is 1.87. The molecular weight excluding hydrogens is 270 g/mol. The highest BCUT2D eigenvalue weighted by Gasteiger charge is 2.18. The molecule has 0 aliphatic carbocycles. The van der Waals surface area contributed by atoms with Gasteiger partial charge in [-0.2, -0.15) is 0 Å². The molecule has 3 rings (SSSR count). The maximum absolute atomic E-state index is 11.8. The monoisotopic (exact) mass is 287 g/mol. The van der Waals surface area contributed by atoms with E-state index < -0.39 is 0 Å². The second kappa shape index (κ2) is 5.97. The maximum Gasteiger partial charge on any atom is 0.347 e. The van der Waals surface area contributed by atoms with E-state index in [9.17, 15) is 4.79 Å². The lowest BCUT2D eigenvalue weighted by atomic mass is 10.1. The molecule has 1 aliphatic heterocycles. The number of likely N-dealkylation sites (N-methyl/N-ethyl adjacent to an activating group) is 1. The highest BCUT2D eigenvalue weighted by atomic mass is 16.7. The zero-order chi connectivity index (χ0) is 14.7. The van der Waals surface area contributed by atoms with Crippen molar-refractivity contribution in [3.05, 3.63) is 52.7 Å². The summed E-state index contributed by atoms with van der Waals surface area (Å²) in [7, 11) is 0. The minimum atomic E-state index is -0.249. The Bertz CT molecular complexity index is 684. The Hall–Kier alpha value is -2.34. The lowest BCUT2D eigenvalue weighted by Gasteiger charge is -2.19. The van der Waals surface area contributed by atoms with Gasteiger partial charge in [-0.3, -0.25) is 4.57 Å². The summed E-state index contributed by atoms with van der Waals surface area (Å²) in [6.45, 7) is 3.60. The number of fused-ring (bicyclic) bond motifs is 1. The summed E-state index contributed by atoms with van der Waals surface area (Å²) in [5, 5.41) is 3.38. The quantitative estimate of drug-likeness (QED) is 0.898. The SMILES string of the molecule is CCNC(Cn1cccnc1=O)c1ccc2c(c1)OCO2. The van der Waals surface area contributed by atoms with Crippen LogP contribution in [0, 0.1) is 0 Å². The van der Waals surface area contributed by atoms with E-state index in [2.05, 4.69) is 10.3 Å². The van der Waals surface area contributed by atoms with E-state index in [1.54, 1.807) is 16.8 Å². The molecule has 0 radical (unpaired) electrons. The molecular formula is C15H17N3O3. The largest absolute Gasteiger partial charge is 0.454 e. The highest BCUT2D eigenvalue weighted by molar-refractivity contribution is 5.45. The van der Waals surface area contributed by atoms with Crippen LogP contribution in [0.1, 0.15) is 18.5 Å². The highest BCUT2D eigenvalue weighted by Crippen LogP contribution is 2.34. The van der Waals surface area contributed by atoms with Gasteiger partial charge in [-0.05, 0) is 30.3 Å². The Morgan fingerprint density at radius 2 is 2.24 bits per heavy atom. The van der Waals surface area contributed by atoms with Gasteiger partial charge in [0.1, 0.15) is 0 Å². The first kappa shape index (κ1) is 13.6. The molecule has 1 aromatic carbocycles. The summed E-state index contributed by atoms with van der Waals surface area (Å²) in [4.78, 5) is 15.5. The molecule has 1 unspecified atom stereocenters. The number of aromatic nitrogens is 2. The van der Waals surface area contributed by atoms with Crippen LogP contribution < -0.4 is 20.5 Å². The molecule has 2 aromatic rings. The predicted octanol–water partition coefficient (Wildman–Crippen LogP) is 1.32. The Morgan fingerprint density at radius 3 is 3.05 bits per heavy atom. The van der Waals surface area contributed by atoms with Gasteiger partial charge in [0.05, 0.1) is 6.04 Å². The molecule has 2 heterocycles. The van der Waals surface area contributed by atoms with Crippen LogP contribution in [0.4, 0.5) is 0 Å². The van der Waals surface area contributed by atoms with Gasteiger partial charge in [0.15, 0.2) is 11.5 Å². The van der Waals surface area contributed by atoms with Crippen molar-refractivity contribution < 1.29 is 9.47 Å². The van der Waals surface area contributed by atoms with Crippen molar-refractivity contribution in [1.82, 2.24) is 14.9 Å². The van der Waals surface area contributed by atoms with E-state index in [1.807, 2.05) is 25.1 Å². The van der Waals surface area contributed by atoms with Crippen LogP contribution in [0.3, 0.4) is 0 Å². The molecule has 1 aliphatic rings. The lowest BCUT2D eigenvalue weighted by Crippen LogP contribution is -2.31. The summed E-state index contributed by atoms with van der Waals surface area (Å²) in [5.41, 5.74) is 0.804. The summed E-state index contributed by atoms with van der Waals surface area (Å²) < 4.78 is 12.3. The van der Waals surface area contributed by atoms with Crippen LogP contribution in [-0.2, 0) is 6.54 Å². The van der Waals surface area contributed by atoms with E-state index in [1.165, 1.54) is 6.20 Å². The zero-order valence-electron chi connectivity index (χ0n) is 11.8. The molecule has 1 N–H and O–H groups in total. The lowest BCUT2D eigenvalue weighted by molar-refractivity contribution is 0.174. The molecule has 1 aromatic heterocycles. The topological polar surface area (TPSA) is 65.4 Å². The van der Waals surface area contributed by atoms with Gasteiger partial charge in [0.25, 0.3) is 0 Å². The van der Waals surface area contributed by atoms with Gasteiger partial charge < -0.3 is 14.8 Å². The molecule has 0 saturated heterocycles. The zero-order valence-corrected chi connectivity index (χ0v) is 11.8. The van der Waals surface area contributed by atoms with Gasteiger partial charge in [-0.25, -0.2) is 9.78 Å². The number of hydrogen-bond donors (Lipinski definition) is 1. The minimum Gasteiger partial charge on any atom is -0.454 e. The van der Waals surface area contributed by atoms with Crippen molar-refractivity contribution in [3.8, 4) is 11.5 Å². The third-order valence-electron chi connectivity index (χ3n) is 3.41. The molecule has 110 valence electrons. The first-order valence-electron chi connectivity index (χ1n) is 6.92. The molecule has 0 amide bonds. The molecule has 0 saturated carbocycles. The van der Waals surface area contributed by atoms with Crippen molar-refractivity contribution in [1.29, 1.82) is 0 Å². The fraction of sp³-hybridized carbons (Fsp3) is 0.333. The van der Waals surface area contributed by atoms with Gasteiger partial charge in [0.2, 0.25) is 6.79 Å². The second-order valence-electron chi connectivity index (χ2n) is 4.78. The van der Waals surface area contributed by atoms with E-state index in [-0.39, 0.29) is 18.5 Å². The Labute approximate surface area is 122 Å². The van der Waals surface area contributed by atoms with Gasteiger partial charge in [-0.1, -0.05) is 13.0 Å². The van der Waals surface area contributed by atoms with E-state index in [0.717, 1.165) is 23.6 Å². The van der Waals surface area contributed by atoms with Crippen molar-refractivity contribution >= 4 is 0 Å². The molecule has 6 heteroatoms. The fourth-order valence-electron chi connectivity index (χ4n) is 2.39. The summed E-state index contributed by atoms with van der Waals surface area (Å²) in [5.74, 6) is 1.50. The standard InChI is InChI=1S/C15H17N3O3/c1-2-16-12(9-18-7-3-6-17-15(18)19)11-4-5-13-14(8-11)21-10-20-13/h3-8,12,16H,2,9-10H2,1H3. The van der Waals surface area contributed by atoms with Crippen LogP contribution in [0.15, 0.2) is 41.5 Å². The third kappa shape index (κ3) is 2.90. The molecule has 0 fully saturated rings. The predicted molar refractivity (Wildman–Crippen MR) is 77.5 cm³/mol. The number of ether oxygens (including phenoxy) is 2. The fourth-order valence-corrected chi connectivity index (χ4v) is 2.39. The molecule has 6 nitrogen and oxygen atoms in total. The normalized spacial score (nSPS) is 14.1. The summed E-state index contributed by atoms with van der Waals surface area (Å²) in [6, 6.07) is 7.60. The van der Waals surface area contributed by atoms with E-state index in [0.29, 0.717) is 6.54 Å². The van der Waals surface area contributed by atoms with Crippen LogP contribution in [0.25, 0.3) is 0 Å². The molecule has 0 bridgehead atoms. The molecule has 1 atom stereocenters. The van der Waals surface area contributed by atoms with Crippen molar-refractivity contribution in [3.63, 3.8) is 0 Å². The minimum absolute atomic E-state index is 0.00593. The first-order valence-corrected chi connectivity index (χ1v) is 6.92. The van der Waals surface area contributed by atoms with Crippen molar-refractivity contribution in [2.75, 3.05) is 13.3 Å². The summed E-state index contributed by atoms with van der Waals surface area (Å²) >= 11 is 0. The van der Waals surface area contributed by atoms with Crippen LogP contribution in [0.5, 0.6) is 11.5 Å².